The number of carbonyl (C=O) groups excluding carboxylic acids is 1. The first kappa shape index (κ1) is 17.1. The molecule has 1 unspecified atom stereocenters. The molecule has 6 nitrogen and oxygen atoms in total. The number of carbonyl (C=O) groups is 1. The van der Waals surface area contributed by atoms with Crippen LogP contribution in [0.15, 0.2) is 41.1 Å². The van der Waals surface area contributed by atoms with Crippen LogP contribution in [-0.2, 0) is 0 Å². The Labute approximate surface area is 146 Å². The van der Waals surface area contributed by atoms with Gasteiger partial charge in [0.1, 0.15) is 0 Å². The largest absolute Gasteiger partial charge is 0.350 e. The minimum atomic E-state index is -0.265. The standard InChI is InChI=1S/C19H22N4O2/c1-11(2)13-4-6-14(7-5-13)17(20)10-21-18(24)15-8-16-12(3)23-25-19(16)22-9-15/h4-9,11,17H,10,20H2,1-3H3,(H,21,24). The summed E-state index contributed by atoms with van der Waals surface area (Å²) in [5.74, 6) is 0.262. The second-order valence-electron chi connectivity index (χ2n) is 6.48. The molecule has 2 aromatic heterocycles. The van der Waals surface area contributed by atoms with Gasteiger partial charge in [-0.05, 0) is 30.0 Å². The summed E-state index contributed by atoms with van der Waals surface area (Å²) < 4.78 is 5.05. The number of aromatic nitrogens is 2. The molecule has 130 valence electrons. The van der Waals surface area contributed by atoms with Gasteiger partial charge in [0.15, 0.2) is 0 Å². The number of benzene rings is 1. The summed E-state index contributed by atoms with van der Waals surface area (Å²) in [5, 5.41) is 7.43. The van der Waals surface area contributed by atoms with E-state index in [9.17, 15) is 4.79 Å². The van der Waals surface area contributed by atoms with Crippen molar-refractivity contribution in [2.75, 3.05) is 6.54 Å². The molecule has 0 aliphatic rings. The molecule has 25 heavy (non-hydrogen) atoms. The third kappa shape index (κ3) is 3.69. The minimum Gasteiger partial charge on any atom is -0.350 e. The Hall–Kier alpha value is -2.73. The first-order valence-electron chi connectivity index (χ1n) is 8.31. The number of nitrogens with zero attached hydrogens (tertiary/aromatic N) is 2. The molecule has 3 aromatic rings. The number of pyridine rings is 1. The summed E-state index contributed by atoms with van der Waals surface area (Å²) in [6, 6.07) is 9.65. The summed E-state index contributed by atoms with van der Waals surface area (Å²) in [4.78, 5) is 16.5. The maximum atomic E-state index is 12.3. The Balaban J connectivity index is 1.65. The van der Waals surface area contributed by atoms with E-state index in [-0.39, 0.29) is 11.9 Å². The second-order valence-corrected chi connectivity index (χ2v) is 6.48. The lowest BCUT2D eigenvalue weighted by atomic mass is 9.99. The van der Waals surface area contributed by atoms with Gasteiger partial charge < -0.3 is 15.6 Å². The summed E-state index contributed by atoms with van der Waals surface area (Å²) in [6.45, 7) is 6.46. The number of aryl methyl sites for hydroxylation is 1. The van der Waals surface area contributed by atoms with E-state index >= 15 is 0 Å². The van der Waals surface area contributed by atoms with Crippen molar-refractivity contribution >= 4 is 17.0 Å². The zero-order chi connectivity index (χ0) is 18.0. The number of fused-ring (bicyclic) bond motifs is 1. The van der Waals surface area contributed by atoms with Crippen LogP contribution in [-0.4, -0.2) is 22.6 Å². The Bertz CT molecular complexity index is 884. The Morgan fingerprint density at radius 2 is 1.92 bits per heavy atom. The molecule has 0 fully saturated rings. The van der Waals surface area contributed by atoms with Gasteiger partial charge in [-0.25, -0.2) is 4.98 Å². The molecule has 2 heterocycles. The van der Waals surface area contributed by atoms with E-state index in [1.165, 1.54) is 11.8 Å². The van der Waals surface area contributed by atoms with Crippen LogP contribution >= 0.6 is 0 Å². The molecule has 1 aromatic carbocycles. The SMILES string of the molecule is Cc1noc2ncc(C(=O)NCC(N)c3ccc(C(C)C)cc3)cc12. The molecule has 1 amide bonds. The van der Waals surface area contributed by atoms with E-state index in [1.54, 1.807) is 6.07 Å². The van der Waals surface area contributed by atoms with Crippen molar-refractivity contribution in [2.45, 2.75) is 32.7 Å². The number of hydrogen-bond acceptors (Lipinski definition) is 5. The van der Waals surface area contributed by atoms with Gasteiger partial charge in [0.2, 0.25) is 0 Å². The monoisotopic (exact) mass is 338 g/mol. The lowest BCUT2D eigenvalue weighted by Gasteiger charge is -2.14. The quantitative estimate of drug-likeness (QED) is 0.745. The van der Waals surface area contributed by atoms with E-state index in [1.807, 2.05) is 19.1 Å². The van der Waals surface area contributed by atoms with Crippen LogP contribution in [0.25, 0.3) is 11.1 Å². The van der Waals surface area contributed by atoms with Gasteiger partial charge >= 0.3 is 0 Å². The fourth-order valence-corrected chi connectivity index (χ4v) is 2.62. The highest BCUT2D eigenvalue weighted by Crippen LogP contribution is 2.18. The van der Waals surface area contributed by atoms with E-state index in [0.29, 0.717) is 29.4 Å². The van der Waals surface area contributed by atoms with Crippen molar-refractivity contribution < 1.29 is 9.32 Å². The zero-order valence-corrected chi connectivity index (χ0v) is 14.6. The summed E-state index contributed by atoms with van der Waals surface area (Å²) in [6.07, 6.45) is 1.48. The molecule has 3 rings (SSSR count). The molecule has 0 aliphatic carbocycles. The predicted molar refractivity (Wildman–Crippen MR) is 96.3 cm³/mol. The Kier molecular flexibility index (Phi) is 4.81. The number of nitrogens with two attached hydrogens (primary N) is 1. The van der Waals surface area contributed by atoms with E-state index < -0.39 is 0 Å². The van der Waals surface area contributed by atoms with Gasteiger partial charge in [-0.15, -0.1) is 0 Å². The summed E-state index contributed by atoms with van der Waals surface area (Å²) in [7, 11) is 0. The molecular formula is C19H22N4O2. The first-order valence-corrected chi connectivity index (χ1v) is 8.31. The van der Waals surface area contributed by atoms with Crippen LogP contribution < -0.4 is 11.1 Å². The van der Waals surface area contributed by atoms with Gasteiger partial charge in [0, 0.05) is 18.8 Å². The van der Waals surface area contributed by atoms with Crippen molar-refractivity contribution in [2.24, 2.45) is 5.73 Å². The van der Waals surface area contributed by atoms with Gasteiger partial charge in [-0.2, -0.15) is 0 Å². The highest BCUT2D eigenvalue weighted by atomic mass is 16.5. The lowest BCUT2D eigenvalue weighted by molar-refractivity contribution is 0.0951. The van der Waals surface area contributed by atoms with E-state index in [4.69, 9.17) is 10.3 Å². The van der Waals surface area contributed by atoms with Crippen molar-refractivity contribution in [1.82, 2.24) is 15.5 Å². The molecule has 1 atom stereocenters. The van der Waals surface area contributed by atoms with Crippen molar-refractivity contribution in [3.63, 3.8) is 0 Å². The van der Waals surface area contributed by atoms with Crippen molar-refractivity contribution in [3.05, 3.63) is 58.9 Å². The Morgan fingerprint density at radius 1 is 1.24 bits per heavy atom. The molecule has 3 N–H and O–H groups in total. The third-order valence-electron chi connectivity index (χ3n) is 4.29. The molecule has 0 aliphatic heterocycles. The summed E-state index contributed by atoms with van der Waals surface area (Å²) in [5.41, 5.74) is 10.0. The predicted octanol–water partition coefficient (Wildman–Crippen LogP) is 3.08. The number of amides is 1. The number of rotatable bonds is 5. The van der Waals surface area contributed by atoms with Gasteiger partial charge in [0.25, 0.3) is 11.6 Å². The normalized spacial score (nSPS) is 12.5. The van der Waals surface area contributed by atoms with Crippen LogP contribution in [0.4, 0.5) is 0 Å². The second kappa shape index (κ2) is 7.03. The minimum absolute atomic E-state index is 0.218. The highest BCUT2D eigenvalue weighted by molar-refractivity contribution is 5.96. The molecule has 0 saturated carbocycles. The molecule has 0 bridgehead atoms. The highest BCUT2D eigenvalue weighted by Gasteiger charge is 2.13. The Morgan fingerprint density at radius 3 is 2.60 bits per heavy atom. The molecular weight excluding hydrogens is 316 g/mol. The molecule has 0 saturated heterocycles. The van der Waals surface area contributed by atoms with Crippen LogP contribution in [0.3, 0.4) is 0 Å². The first-order chi connectivity index (χ1) is 12.0. The van der Waals surface area contributed by atoms with Gasteiger partial charge in [-0.1, -0.05) is 43.3 Å². The van der Waals surface area contributed by atoms with Crippen molar-refractivity contribution in [1.29, 1.82) is 0 Å². The maximum Gasteiger partial charge on any atom is 0.257 e. The van der Waals surface area contributed by atoms with E-state index in [0.717, 1.165) is 10.9 Å². The fourth-order valence-electron chi connectivity index (χ4n) is 2.62. The zero-order valence-electron chi connectivity index (χ0n) is 14.6. The molecule has 6 heteroatoms. The third-order valence-corrected chi connectivity index (χ3v) is 4.29. The average Bonchev–Trinajstić information content (AvgIpc) is 3.00. The molecule has 0 spiro atoms. The number of hydrogen-bond donors (Lipinski definition) is 2. The summed E-state index contributed by atoms with van der Waals surface area (Å²) >= 11 is 0. The average molecular weight is 338 g/mol. The van der Waals surface area contributed by atoms with E-state index in [2.05, 4.69) is 41.4 Å². The maximum absolute atomic E-state index is 12.3. The van der Waals surface area contributed by atoms with Gasteiger partial charge in [0.05, 0.1) is 16.6 Å². The van der Waals surface area contributed by atoms with Crippen LogP contribution in [0.2, 0.25) is 0 Å². The van der Waals surface area contributed by atoms with Crippen LogP contribution in [0.1, 0.15) is 53.0 Å². The van der Waals surface area contributed by atoms with Crippen molar-refractivity contribution in [3.8, 4) is 0 Å². The topological polar surface area (TPSA) is 94.0 Å². The lowest BCUT2D eigenvalue weighted by Crippen LogP contribution is -2.32. The van der Waals surface area contributed by atoms with Crippen LogP contribution in [0, 0.1) is 6.92 Å². The molecule has 0 radical (unpaired) electrons. The van der Waals surface area contributed by atoms with Crippen LogP contribution in [0.5, 0.6) is 0 Å². The van der Waals surface area contributed by atoms with Gasteiger partial charge in [-0.3, -0.25) is 4.79 Å². The number of nitrogens with one attached hydrogen (secondary N) is 1. The smallest absolute Gasteiger partial charge is 0.257 e. The fraction of sp³-hybridized carbons (Fsp3) is 0.316.